The molecule has 5 nitrogen and oxygen atoms in total. The Morgan fingerprint density at radius 1 is 1.12 bits per heavy atom. The molecular formula is C23H25F3N4OS. The molecule has 1 aromatic carbocycles. The molecule has 1 aliphatic rings. The number of amides is 1. The second kappa shape index (κ2) is 9.17. The Kier molecular flexibility index (Phi) is 6.50. The Labute approximate surface area is 188 Å². The number of carbonyl (C=O) groups excluding carboxylic acids is 1. The molecule has 9 heteroatoms. The third-order valence-electron chi connectivity index (χ3n) is 5.75. The van der Waals surface area contributed by atoms with Crippen LogP contribution in [0.3, 0.4) is 0 Å². The molecule has 0 atom stereocenters. The highest BCUT2D eigenvalue weighted by atomic mass is 32.1. The van der Waals surface area contributed by atoms with E-state index in [1.165, 1.54) is 11.6 Å². The fourth-order valence-electron chi connectivity index (χ4n) is 3.84. The molecular weight excluding hydrogens is 437 g/mol. The highest BCUT2D eigenvalue weighted by molar-refractivity contribution is 7.20. The molecule has 32 heavy (non-hydrogen) atoms. The van der Waals surface area contributed by atoms with E-state index < -0.39 is 11.9 Å². The van der Waals surface area contributed by atoms with Gasteiger partial charge in [0.1, 0.15) is 10.5 Å². The Balaban J connectivity index is 1.42. The van der Waals surface area contributed by atoms with Crippen LogP contribution in [0.2, 0.25) is 0 Å². The van der Waals surface area contributed by atoms with E-state index in [2.05, 4.69) is 39.3 Å². The van der Waals surface area contributed by atoms with Gasteiger partial charge in [-0.1, -0.05) is 24.3 Å². The number of aryl methyl sites for hydroxylation is 1. The molecule has 170 valence electrons. The average Bonchev–Trinajstić information content (AvgIpc) is 3.09. The fourth-order valence-corrected chi connectivity index (χ4v) is 4.93. The first-order valence-electron chi connectivity index (χ1n) is 10.4. The lowest BCUT2D eigenvalue weighted by Crippen LogP contribution is -2.43. The van der Waals surface area contributed by atoms with Crippen LogP contribution in [0.4, 0.5) is 13.2 Å². The van der Waals surface area contributed by atoms with Gasteiger partial charge < -0.3 is 10.2 Å². The zero-order valence-electron chi connectivity index (χ0n) is 18.0. The predicted molar refractivity (Wildman–Crippen MR) is 120 cm³/mol. The van der Waals surface area contributed by atoms with Crippen molar-refractivity contribution in [3.8, 4) is 0 Å². The Bertz CT molecular complexity index is 1120. The molecule has 2 aromatic heterocycles. The number of aromatic nitrogens is 1. The number of piperazine rings is 1. The van der Waals surface area contributed by atoms with Crippen molar-refractivity contribution in [2.24, 2.45) is 0 Å². The summed E-state index contributed by atoms with van der Waals surface area (Å²) in [6.07, 6.45) is -4.51. The molecule has 0 radical (unpaired) electrons. The van der Waals surface area contributed by atoms with Crippen molar-refractivity contribution in [3.05, 3.63) is 63.7 Å². The molecule has 3 heterocycles. The van der Waals surface area contributed by atoms with Crippen molar-refractivity contribution in [3.63, 3.8) is 0 Å². The highest BCUT2D eigenvalue weighted by Crippen LogP contribution is 2.34. The number of alkyl halides is 3. The van der Waals surface area contributed by atoms with Gasteiger partial charge in [0.2, 0.25) is 0 Å². The van der Waals surface area contributed by atoms with Crippen molar-refractivity contribution in [2.75, 3.05) is 33.2 Å². The molecule has 0 unspecified atom stereocenters. The van der Waals surface area contributed by atoms with Gasteiger partial charge in [0, 0.05) is 44.7 Å². The molecule has 0 bridgehead atoms. The third-order valence-corrected chi connectivity index (χ3v) is 6.95. The summed E-state index contributed by atoms with van der Waals surface area (Å²) in [7, 11) is 2.13. The lowest BCUT2D eigenvalue weighted by Gasteiger charge is -2.32. The molecule has 1 N–H and O–H groups in total. The monoisotopic (exact) mass is 462 g/mol. The number of halogens is 3. The van der Waals surface area contributed by atoms with Crippen molar-refractivity contribution >= 4 is 27.5 Å². The topological polar surface area (TPSA) is 48.5 Å². The summed E-state index contributed by atoms with van der Waals surface area (Å²) in [5.74, 6) is -0.302. The number of pyridine rings is 1. The van der Waals surface area contributed by atoms with E-state index in [0.29, 0.717) is 22.4 Å². The van der Waals surface area contributed by atoms with Crippen LogP contribution < -0.4 is 5.32 Å². The van der Waals surface area contributed by atoms with Crippen LogP contribution in [-0.2, 0) is 19.3 Å². The SMILES string of the molecule is Cc1c(C(=O)NCc2cccc(CN3CCN(C)CC3)c2)sc2nc(C(F)(F)F)ccc12. The number of nitrogens with zero attached hydrogens (tertiary/aromatic N) is 3. The number of rotatable bonds is 5. The summed E-state index contributed by atoms with van der Waals surface area (Å²) in [5.41, 5.74) is 1.88. The Morgan fingerprint density at radius 2 is 1.84 bits per heavy atom. The van der Waals surface area contributed by atoms with Crippen LogP contribution in [0.15, 0.2) is 36.4 Å². The number of hydrogen-bond acceptors (Lipinski definition) is 5. The van der Waals surface area contributed by atoms with Gasteiger partial charge in [-0.3, -0.25) is 9.69 Å². The smallest absolute Gasteiger partial charge is 0.347 e. The van der Waals surface area contributed by atoms with Crippen molar-refractivity contribution in [2.45, 2.75) is 26.2 Å². The van der Waals surface area contributed by atoms with Crippen LogP contribution in [-0.4, -0.2) is 53.9 Å². The zero-order valence-corrected chi connectivity index (χ0v) is 18.8. The highest BCUT2D eigenvalue weighted by Gasteiger charge is 2.33. The number of thiophene rings is 1. The first-order valence-corrected chi connectivity index (χ1v) is 11.3. The molecule has 1 aliphatic heterocycles. The first kappa shape index (κ1) is 22.7. The number of hydrogen-bond donors (Lipinski definition) is 1. The maximum atomic E-state index is 12.9. The van der Waals surface area contributed by atoms with E-state index in [1.54, 1.807) is 6.92 Å². The Hall–Kier alpha value is -2.49. The van der Waals surface area contributed by atoms with E-state index in [0.717, 1.165) is 55.7 Å². The van der Waals surface area contributed by atoms with Gasteiger partial charge in [0.05, 0.1) is 4.88 Å². The van der Waals surface area contributed by atoms with Crippen LogP contribution in [0.5, 0.6) is 0 Å². The van der Waals surface area contributed by atoms with E-state index in [1.807, 2.05) is 12.1 Å². The maximum absolute atomic E-state index is 12.9. The van der Waals surface area contributed by atoms with Gasteiger partial charge in [-0.2, -0.15) is 13.2 Å². The molecule has 1 fully saturated rings. The van der Waals surface area contributed by atoms with Crippen LogP contribution in [0, 0.1) is 6.92 Å². The lowest BCUT2D eigenvalue weighted by atomic mass is 10.1. The summed E-state index contributed by atoms with van der Waals surface area (Å²) in [6, 6.07) is 10.5. The maximum Gasteiger partial charge on any atom is 0.433 e. The van der Waals surface area contributed by atoms with Gasteiger partial charge in [-0.15, -0.1) is 11.3 Å². The van der Waals surface area contributed by atoms with Gasteiger partial charge in [0.15, 0.2) is 0 Å². The van der Waals surface area contributed by atoms with Crippen molar-refractivity contribution < 1.29 is 18.0 Å². The molecule has 4 rings (SSSR count). The number of likely N-dealkylation sites (N-methyl/N-ethyl adjacent to an activating group) is 1. The lowest BCUT2D eigenvalue weighted by molar-refractivity contribution is -0.140. The minimum absolute atomic E-state index is 0.219. The van der Waals surface area contributed by atoms with E-state index in [-0.39, 0.29) is 10.7 Å². The number of benzene rings is 1. The van der Waals surface area contributed by atoms with E-state index in [4.69, 9.17) is 0 Å². The normalized spacial score (nSPS) is 15.9. The van der Waals surface area contributed by atoms with Gasteiger partial charge in [-0.05, 0) is 42.8 Å². The zero-order chi connectivity index (χ0) is 22.9. The molecule has 3 aromatic rings. The summed E-state index contributed by atoms with van der Waals surface area (Å²) in [4.78, 5) is 21.8. The Morgan fingerprint density at radius 3 is 2.56 bits per heavy atom. The second-order valence-corrected chi connectivity index (χ2v) is 9.18. The van der Waals surface area contributed by atoms with Crippen molar-refractivity contribution in [1.29, 1.82) is 0 Å². The van der Waals surface area contributed by atoms with Crippen LogP contribution in [0.25, 0.3) is 10.2 Å². The average molecular weight is 463 g/mol. The molecule has 0 spiro atoms. The minimum Gasteiger partial charge on any atom is -0.347 e. The molecule has 0 aliphatic carbocycles. The molecule has 0 saturated carbocycles. The van der Waals surface area contributed by atoms with Gasteiger partial charge >= 0.3 is 6.18 Å². The quantitative estimate of drug-likeness (QED) is 0.614. The number of nitrogens with one attached hydrogen (secondary N) is 1. The largest absolute Gasteiger partial charge is 0.433 e. The third kappa shape index (κ3) is 5.11. The molecule has 1 saturated heterocycles. The van der Waals surface area contributed by atoms with E-state index in [9.17, 15) is 18.0 Å². The van der Waals surface area contributed by atoms with E-state index >= 15 is 0 Å². The van der Waals surface area contributed by atoms with Gasteiger partial charge in [-0.25, -0.2) is 4.98 Å². The standard InChI is InChI=1S/C23H25F3N4OS/c1-15-18-6-7-19(23(24,25)26)28-22(18)32-20(15)21(31)27-13-16-4-3-5-17(12-16)14-30-10-8-29(2)9-11-30/h3-7,12H,8-11,13-14H2,1-2H3,(H,27,31). The fraction of sp³-hybridized carbons (Fsp3) is 0.391. The number of fused-ring (bicyclic) bond motifs is 1. The summed E-state index contributed by atoms with van der Waals surface area (Å²) in [6.45, 7) is 7.15. The summed E-state index contributed by atoms with van der Waals surface area (Å²) < 4.78 is 38.8. The summed E-state index contributed by atoms with van der Waals surface area (Å²) in [5, 5.41) is 3.47. The van der Waals surface area contributed by atoms with Gasteiger partial charge in [0.25, 0.3) is 5.91 Å². The minimum atomic E-state index is -4.51. The first-order chi connectivity index (χ1) is 15.2. The molecule has 1 amide bonds. The number of carbonyl (C=O) groups is 1. The van der Waals surface area contributed by atoms with Crippen LogP contribution >= 0.6 is 11.3 Å². The van der Waals surface area contributed by atoms with Crippen molar-refractivity contribution in [1.82, 2.24) is 20.1 Å². The van der Waals surface area contributed by atoms with Crippen LogP contribution in [0.1, 0.15) is 32.1 Å². The predicted octanol–water partition coefficient (Wildman–Crippen LogP) is 4.30. The second-order valence-electron chi connectivity index (χ2n) is 8.19. The summed E-state index contributed by atoms with van der Waals surface area (Å²) >= 11 is 0.990.